The van der Waals surface area contributed by atoms with Gasteiger partial charge in [-0.2, -0.15) is 0 Å². The Morgan fingerprint density at radius 3 is 2.75 bits per heavy atom. The summed E-state index contributed by atoms with van der Waals surface area (Å²) in [4.78, 5) is 22.6. The topological polar surface area (TPSA) is 84.9 Å². The minimum atomic E-state index is -1.11. The quantitative estimate of drug-likeness (QED) is 0.682. The van der Waals surface area contributed by atoms with Crippen molar-refractivity contribution in [2.75, 3.05) is 20.3 Å². The monoisotopic (exact) mass is 231 g/mol. The third kappa shape index (κ3) is 2.93. The van der Waals surface area contributed by atoms with Crippen LogP contribution in [-0.2, 0) is 19.1 Å². The Morgan fingerprint density at radius 2 is 2.31 bits per heavy atom. The number of carbonyl (C=O) groups is 2. The summed E-state index contributed by atoms with van der Waals surface area (Å²) in [6, 6.07) is -1.03. The van der Waals surface area contributed by atoms with Gasteiger partial charge in [0, 0.05) is 13.7 Å². The van der Waals surface area contributed by atoms with Gasteiger partial charge in [-0.05, 0) is 19.8 Å². The van der Waals surface area contributed by atoms with Gasteiger partial charge in [0.05, 0.1) is 6.61 Å². The molecule has 2 unspecified atom stereocenters. The van der Waals surface area contributed by atoms with E-state index in [2.05, 4.69) is 5.32 Å². The maximum Gasteiger partial charge on any atom is 0.328 e. The van der Waals surface area contributed by atoms with Gasteiger partial charge in [-0.15, -0.1) is 0 Å². The number of ether oxygens (including phenoxy) is 2. The Kier molecular flexibility index (Phi) is 4.26. The number of rotatable bonds is 5. The van der Waals surface area contributed by atoms with Gasteiger partial charge in [-0.1, -0.05) is 0 Å². The van der Waals surface area contributed by atoms with E-state index < -0.39 is 23.5 Å². The summed E-state index contributed by atoms with van der Waals surface area (Å²) in [5, 5.41) is 11.3. The van der Waals surface area contributed by atoms with E-state index >= 15 is 0 Å². The van der Waals surface area contributed by atoms with Crippen molar-refractivity contribution in [2.24, 2.45) is 0 Å². The Hall–Kier alpha value is -1.14. The van der Waals surface area contributed by atoms with Crippen LogP contribution in [0.5, 0.6) is 0 Å². The molecule has 0 aromatic carbocycles. The molecule has 6 heteroatoms. The molecule has 0 aromatic heterocycles. The van der Waals surface area contributed by atoms with Crippen LogP contribution >= 0.6 is 0 Å². The van der Waals surface area contributed by atoms with Crippen LogP contribution < -0.4 is 5.32 Å². The van der Waals surface area contributed by atoms with Crippen molar-refractivity contribution in [3.05, 3.63) is 0 Å². The Morgan fingerprint density at radius 1 is 1.62 bits per heavy atom. The first-order chi connectivity index (χ1) is 7.49. The maximum atomic E-state index is 11.8. The predicted molar refractivity (Wildman–Crippen MR) is 55.0 cm³/mol. The predicted octanol–water partition coefficient (Wildman–Crippen LogP) is -0.229. The number of hydrogen-bond acceptors (Lipinski definition) is 4. The summed E-state index contributed by atoms with van der Waals surface area (Å²) in [7, 11) is 1.38. The fraction of sp³-hybridized carbons (Fsp3) is 0.800. The first-order valence-corrected chi connectivity index (χ1v) is 5.16. The molecule has 1 fully saturated rings. The summed E-state index contributed by atoms with van der Waals surface area (Å²) in [6.07, 6.45) is 1.42. The molecule has 0 aromatic rings. The molecule has 1 aliphatic rings. The fourth-order valence-electron chi connectivity index (χ4n) is 1.61. The van der Waals surface area contributed by atoms with E-state index in [1.165, 1.54) is 7.11 Å². The highest BCUT2D eigenvalue weighted by Gasteiger charge is 2.39. The fourth-order valence-corrected chi connectivity index (χ4v) is 1.61. The van der Waals surface area contributed by atoms with E-state index in [0.717, 1.165) is 6.42 Å². The Balaban J connectivity index is 2.57. The van der Waals surface area contributed by atoms with Crippen LogP contribution in [0, 0.1) is 0 Å². The summed E-state index contributed by atoms with van der Waals surface area (Å²) in [6.45, 7) is 2.14. The normalized spacial score (nSPS) is 26.4. The second-order valence-corrected chi connectivity index (χ2v) is 4.00. The Labute approximate surface area is 93.9 Å². The second kappa shape index (κ2) is 5.27. The summed E-state index contributed by atoms with van der Waals surface area (Å²) < 4.78 is 10.0. The number of methoxy groups -OCH3 is 1. The minimum absolute atomic E-state index is 0.0584. The highest BCUT2D eigenvalue weighted by Crippen LogP contribution is 2.25. The molecule has 2 atom stereocenters. The smallest absolute Gasteiger partial charge is 0.328 e. The highest BCUT2D eigenvalue weighted by molar-refractivity contribution is 5.89. The lowest BCUT2D eigenvalue weighted by Crippen LogP contribution is -2.52. The summed E-state index contributed by atoms with van der Waals surface area (Å²) >= 11 is 0. The van der Waals surface area contributed by atoms with Gasteiger partial charge in [-0.3, -0.25) is 4.79 Å². The largest absolute Gasteiger partial charge is 0.480 e. The maximum absolute atomic E-state index is 11.8. The van der Waals surface area contributed by atoms with E-state index in [4.69, 9.17) is 14.6 Å². The van der Waals surface area contributed by atoms with Gasteiger partial charge in [0.15, 0.2) is 6.04 Å². The van der Waals surface area contributed by atoms with E-state index in [9.17, 15) is 9.59 Å². The first-order valence-electron chi connectivity index (χ1n) is 5.16. The van der Waals surface area contributed by atoms with Crippen molar-refractivity contribution < 1.29 is 24.2 Å². The molecule has 1 aliphatic heterocycles. The third-order valence-corrected chi connectivity index (χ3v) is 2.64. The number of nitrogens with one attached hydrogen (secondary N) is 1. The molecule has 6 nitrogen and oxygen atoms in total. The summed E-state index contributed by atoms with van der Waals surface area (Å²) in [5.41, 5.74) is -0.901. The van der Waals surface area contributed by atoms with Gasteiger partial charge in [0.1, 0.15) is 5.60 Å². The van der Waals surface area contributed by atoms with E-state index in [1.54, 1.807) is 6.92 Å². The van der Waals surface area contributed by atoms with Crippen molar-refractivity contribution in [3.63, 3.8) is 0 Å². The van der Waals surface area contributed by atoms with Crippen LogP contribution in [0.25, 0.3) is 0 Å². The zero-order valence-corrected chi connectivity index (χ0v) is 9.49. The molecule has 2 N–H and O–H groups in total. The molecule has 1 rings (SSSR count). The molecular weight excluding hydrogens is 214 g/mol. The van der Waals surface area contributed by atoms with E-state index in [-0.39, 0.29) is 6.61 Å². The average Bonchev–Trinajstić information content (AvgIpc) is 2.65. The minimum Gasteiger partial charge on any atom is -0.480 e. The molecule has 0 aliphatic carbocycles. The number of hydrogen-bond donors (Lipinski definition) is 2. The molecule has 1 amide bonds. The first kappa shape index (κ1) is 12.9. The van der Waals surface area contributed by atoms with Gasteiger partial charge in [-0.25, -0.2) is 4.79 Å². The second-order valence-electron chi connectivity index (χ2n) is 4.00. The zero-order valence-electron chi connectivity index (χ0n) is 9.49. The standard InChI is InChI=1S/C10H17NO5/c1-10(4-3-5-16-10)9(14)11-7(6-15-2)8(12)13/h7H,3-6H2,1-2H3,(H,11,14)(H,12,13). The van der Waals surface area contributed by atoms with E-state index in [0.29, 0.717) is 13.0 Å². The van der Waals surface area contributed by atoms with Gasteiger partial charge in [0.25, 0.3) is 5.91 Å². The number of carboxylic acids is 1. The van der Waals surface area contributed by atoms with Crippen molar-refractivity contribution >= 4 is 11.9 Å². The van der Waals surface area contributed by atoms with Crippen LogP contribution in [0.2, 0.25) is 0 Å². The number of aliphatic carboxylic acids is 1. The lowest BCUT2D eigenvalue weighted by Gasteiger charge is -2.24. The Bertz CT molecular complexity index is 272. The summed E-state index contributed by atoms with van der Waals surface area (Å²) in [5.74, 6) is -1.51. The number of carboxylic acid groups (broad SMARTS) is 1. The van der Waals surface area contributed by atoms with Crippen LogP contribution in [0.4, 0.5) is 0 Å². The molecule has 0 bridgehead atoms. The SMILES string of the molecule is COCC(NC(=O)C1(C)CCCO1)C(=O)O. The van der Waals surface area contributed by atoms with Crippen LogP contribution in [0.3, 0.4) is 0 Å². The lowest BCUT2D eigenvalue weighted by molar-refractivity contribution is -0.148. The molecule has 0 spiro atoms. The lowest BCUT2D eigenvalue weighted by atomic mass is 10.0. The highest BCUT2D eigenvalue weighted by atomic mass is 16.5. The van der Waals surface area contributed by atoms with Crippen LogP contribution in [0.1, 0.15) is 19.8 Å². The molecule has 16 heavy (non-hydrogen) atoms. The van der Waals surface area contributed by atoms with Crippen molar-refractivity contribution in [2.45, 2.75) is 31.4 Å². The van der Waals surface area contributed by atoms with Crippen molar-refractivity contribution in [1.82, 2.24) is 5.32 Å². The molecule has 92 valence electrons. The van der Waals surface area contributed by atoms with Crippen molar-refractivity contribution in [1.29, 1.82) is 0 Å². The van der Waals surface area contributed by atoms with Crippen LogP contribution in [0.15, 0.2) is 0 Å². The van der Waals surface area contributed by atoms with Crippen molar-refractivity contribution in [3.8, 4) is 0 Å². The third-order valence-electron chi connectivity index (χ3n) is 2.64. The van der Waals surface area contributed by atoms with Gasteiger partial charge >= 0.3 is 5.97 Å². The van der Waals surface area contributed by atoms with Gasteiger partial charge < -0.3 is 19.9 Å². The van der Waals surface area contributed by atoms with E-state index in [1.807, 2.05) is 0 Å². The molecule has 1 heterocycles. The molecule has 0 radical (unpaired) electrons. The number of carbonyl (C=O) groups excluding carboxylic acids is 1. The van der Waals surface area contributed by atoms with Gasteiger partial charge in [0.2, 0.25) is 0 Å². The average molecular weight is 231 g/mol. The molecular formula is C10H17NO5. The molecule has 1 saturated heterocycles. The molecule has 0 saturated carbocycles. The number of amides is 1. The van der Waals surface area contributed by atoms with Crippen LogP contribution in [-0.4, -0.2) is 48.9 Å². The zero-order chi connectivity index (χ0) is 12.2.